The minimum Gasteiger partial charge on any atom is -0.383 e. The minimum atomic E-state index is -4.66. The number of hydrogen-bond donors (Lipinski definition) is 1. The third kappa shape index (κ3) is 3.65. The van der Waals surface area contributed by atoms with Gasteiger partial charge in [-0.05, 0) is 23.8 Å². The second kappa shape index (κ2) is 6.38. The number of pyridine rings is 1. The Labute approximate surface area is 153 Å². The van der Waals surface area contributed by atoms with Gasteiger partial charge in [0.05, 0.1) is 22.5 Å². The Kier molecular flexibility index (Phi) is 4.46. The van der Waals surface area contributed by atoms with Crippen LogP contribution in [0.3, 0.4) is 0 Å². The van der Waals surface area contributed by atoms with Crippen LogP contribution >= 0.6 is 0 Å². The highest BCUT2D eigenvalue weighted by Gasteiger charge is 2.35. The van der Waals surface area contributed by atoms with Crippen LogP contribution in [0.15, 0.2) is 47.9 Å². The van der Waals surface area contributed by atoms with Gasteiger partial charge in [-0.2, -0.15) is 13.2 Å². The van der Waals surface area contributed by atoms with E-state index in [0.29, 0.717) is 5.69 Å². The molecule has 2 aromatic heterocycles. The Morgan fingerprint density at radius 1 is 1.11 bits per heavy atom. The molecular weight excluding hydrogens is 381 g/mol. The molecule has 1 aromatic carbocycles. The number of hydrogen-bond acceptors (Lipinski definition) is 5. The number of halogens is 3. The van der Waals surface area contributed by atoms with E-state index in [1.54, 1.807) is 17.8 Å². The van der Waals surface area contributed by atoms with Gasteiger partial charge in [-0.3, -0.25) is 0 Å². The van der Waals surface area contributed by atoms with Crippen LogP contribution in [0.5, 0.6) is 0 Å². The summed E-state index contributed by atoms with van der Waals surface area (Å²) in [4.78, 5) is 7.88. The monoisotopic (exact) mass is 396 g/mol. The first-order valence-electron chi connectivity index (χ1n) is 7.63. The van der Waals surface area contributed by atoms with E-state index in [2.05, 4.69) is 9.97 Å². The average molecular weight is 396 g/mol. The van der Waals surface area contributed by atoms with E-state index >= 15 is 0 Å². The molecule has 0 amide bonds. The number of imidazole rings is 1. The van der Waals surface area contributed by atoms with Crippen LogP contribution in [0, 0.1) is 0 Å². The van der Waals surface area contributed by atoms with Crippen LogP contribution in [0.1, 0.15) is 5.56 Å². The predicted octanol–water partition coefficient (Wildman–Crippen LogP) is 3.15. The van der Waals surface area contributed by atoms with Crippen LogP contribution in [0.2, 0.25) is 0 Å². The molecule has 0 aliphatic carbocycles. The highest BCUT2D eigenvalue weighted by molar-refractivity contribution is 7.90. The van der Waals surface area contributed by atoms with Crippen molar-refractivity contribution in [3.05, 3.63) is 48.5 Å². The van der Waals surface area contributed by atoms with Crippen molar-refractivity contribution < 1.29 is 21.6 Å². The second-order valence-electron chi connectivity index (χ2n) is 6.02. The standard InChI is InChI=1S/C17H15F3N4O2S/c1-24-8-14(23-9-24)12-7-10(27(2,25)26)3-4-11(12)15-13(17(18,19)20)5-6-22-16(15)21/h3-9H,1-2H3,(H2,21,22). The molecule has 3 aromatic rings. The summed E-state index contributed by atoms with van der Waals surface area (Å²) >= 11 is 0. The molecule has 0 unspecified atom stereocenters. The van der Waals surface area contributed by atoms with E-state index < -0.39 is 21.6 Å². The Hall–Kier alpha value is -2.88. The molecular formula is C17H15F3N4O2S. The Morgan fingerprint density at radius 3 is 2.37 bits per heavy atom. The van der Waals surface area contributed by atoms with Crippen molar-refractivity contribution in [1.29, 1.82) is 0 Å². The van der Waals surface area contributed by atoms with Gasteiger partial charge in [0.15, 0.2) is 9.84 Å². The van der Waals surface area contributed by atoms with E-state index in [0.717, 1.165) is 18.5 Å². The quantitative estimate of drug-likeness (QED) is 0.734. The van der Waals surface area contributed by atoms with Crippen LogP contribution < -0.4 is 5.73 Å². The number of aryl methyl sites for hydroxylation is 1. The van der Waals surface area contributed by atoms with Gasteiger partial charge >= 0.3 is 6.18 Å². The maximum atomic E-state index is 13.5. The van der Waals surface area contributed by atoms with E-state index in [4.69, 9.17) is 5.73 Å². The first-order valence-corrected chi connectivity index (χ1v) is 9.52. The molecule has 0 bridgehead atoms. The topological polar surface area (TPSA) is 90.9 Å². The van der Waals surface area contributed by atoms with Gasteiger partial charge in [0.25, 0.3) is 0 Å². The van der Waals surface area contributed by atoms with Gasteiger partial charge in [-0.1, -0.05) is 6.07 Å². The lowest BCUT2D eigenvalue weighted by atomic mass is 9.94. The molecule has 0 saturated heterocycles. The first kappa shape index (κ1) is 18.9. The first-order chi connectivity index (χ1) is 12.5. The number of anilines is 1. The summed E-state index contributed by atoms with van der Waals surface area (Å²) in [6.45, 7) is 0. The van der Waals surface area contributed by atoms with Crippen LogP contribution in [0.4, 0.5) is 19.0 Å². The SMILES string of the molecule is Cn1cnc(-c2cc(S(C)(=O)=O)ccc2-c2c(C(F)(F)F)ccnc2N)c1. The third-order valence-corrected chi connectivity index (χ3v) is 5.07. The molecule has 0 radical (unpaired) electrons. The summed E-state index contributed by atoms with van der Waals surface area (Å²) in [5, 5.41) is 0. The summed E-state index contributed by atoms with van der Waals surface area (Å²) in [7, 11) is -1.89. The number of rotatable bonds is 3. The normalized spacial score (nSPS) is 12.3. The zero-order chi connectivity index (χ0) is 20.0. The molecule has 142 valence electrons. The van der Waals surface area contributed by atoms with E-state index in [1.165, 1.54) is 24.5 Å². The molecule has 0 aliphatic heterocycles. The van der Waals surface area contributed by atoms with Gasteiger partial charge in [0, 0.05) is 36.8 Å². The highest BCUT2D eigenvalue weighted by atomic mass is 32.2. The maximum absolute atomic E-state index is 13.5. The number of alkyl halides is 3. The molecule has 2 heterocycles. The number of benzene rings is 1. The second-order valence-corrected chi connectivity index (χ2v) is 8.04. The zero-order valence-corrected chi connectivity index (χ0v) is 15.1. The van der Waals surface area contributed by atoms with Crippen LogP contribution in [-0.2, 0) is 23.1 Å². The molecule has 27 heavy (non-hydrogen) atoms. The lowest BCUT2D eigenvalue weighted by Gasteiger charge is -2.17. The third-order valence-electron chi connectivity index (χ3n) is 3.96. The fourth-order valence-electron chi connectivity index (χ4n) is 2.73. The van der Waals surface area contributed by atoms with Gasteiger partial charge in [-0.25, -0.2) is 18.4 Å². The van der Waals surface area contributed by atoms with Gasteiger partial charge in [0.2, 0.25) is 0 Å². The van der Waals surface area contributed by atoms with Crippen molar-refractivity contribution in [2.24, 2.45) is 7.05 Å². The van der Waals surface area contributed by atoms with Crippen LogP contribution in [0.25, 0.3) is 22.4 Å². The Balaban J connectivity index is 2.39. The molecule has 0 fully saturated rings. The molecule has 0 atom stereocenters. The highest BCUT2D eigenvalue weighted by Crippen LogP contribution is 2.43. The van der Waals surface area contributed by atoms with Gasteiger partial charge in [-0.15, -0.1) is 0 Å². The molecule has 2 N–H and O–H groups in total. The molecule has 6 nitrogen and oxygen atoms in total. The largest absolute Gasteiger partial charge is 0.417 e. The van der Waals surface area contributed by atoms with Crippen molar-refractivity contribution in [1.82, 2.24) is 14.5 Å². The average Bonchev–Trinajstić information content (AvgIpc) is 2.99. The predicted molar refractivity (Wildman–Crippen MR) is 94.4 cm³/mol. The van der Waals surface area contributed by atoms with Gasteiger partial charge in [0.1, 0.15) is 5.82 Å². The van der Waals surface area contributed by atoms with E-state index in [-0.39, 0.29) is 27.4 Å². The van der Waals surface area contributed by atoms with Crippen molar-refractivity contribution in [3.63, 3.8) is 0 Å². The van der Waals surface area contributed by atoms with Crippen molar-refractivity contribution in [2.75, 3.05) is 12.0 Å². The fourth-order valence-corrected chi connectivity index (χ4v) is 3.38. The summed E-state index contributed by atoms with van der Waals surface area (Å²) in [5.41, 5.74) is 5.12. The van der Waals surface area contributed by atoms with Gasteiger partial charge < -0.3 is 10.3 Å². The molecule has 0 saturated carbocycles. The summed E-state index contributed by atoms with van der Waals surface area (Å²) in [6.07, 6.45) is 0.369. The number of sulfone groups is 1. The summed E-state index contributed by atoms with van der Waals surface area (Å²) < 4.78 is 66.0. The van der Waals surface area contributed by atoms with E-state index in [9.17, 15) is 21.6 Å². The molecule has 10 heteroatoms. The smallest absolute Gasteiger partial charge is 0.383 e. The van der Waals surface area contributed by atoms with Crippen molar-refractivity contribution in [2.45, 2.75) is 11.1 Å². The molecule has 0 aliphatic rings. The minimum absolute atomic E-state index is 0.0390. The molecule has 0 spiro atoms. The number of nitrogen functional groups attached to an aromatic ring is 1. The van der Waals surface area contributed by atoms with Crippen LogP contribution in [-0.4, -0.2) is 29.2 Å². The number of nitrogens with two attached hydrogens (primary N) is 1. The lowest BCUT2D eigenvalue weighted by molar-refractivity contribution is -0.137. The summed E-state index contributed by atoms with van der Waals surface area (Å²) in [6, 6.07) is 4.66. The Bertz CT molecular complexity index is 1120. The van der Waals surface area contributed by atoms with Crippen molar-refractivity contribution in [3.8, 4) is 22.4 Å². The number of aromatic nitrogens is 3. The lowest BCUT2D eigenvalue weighted by Crippen LogP contribution is -2.10. The molecule has 3 rings (SSSR count). The zero-order valence-electron chi connectivity index (χ0n) is 14.3. The van der Waals surface area contributed by atoms with E-state index in [1.807, 2.05) is 0 Å². The maximum Gasteiger partial charge on any atom is 0.417 e. The summed E-state index contributed by atoms with van der Waals surface area (Å²) in [5.74, 6) is -0.311. The number of nitrogens with zero attached hydrogens (tertiary/aromatic N) is 3. The fraction of sp³-hybridized carbons (Fsp3) is 0.176. The van der Waals surface area contributed by atoms with Crippen molar-refractivity contribution >= 4 is 15.7 Å². The Morgan fingerprint density at radius 2 is 1.81 bits per heavy atom.